The molecule has 19 heavy (non-hydrogen) atoms. The molecule has 0 bridgehead atoms. The number of aryl methyl sites for hydroxylation is 1. The zero-order valence-corrected chi connectivity index (χ0v) is 11.6. The highest BCUT2D eigenvalue weighted by Gasteiger charge is 2.06. The molecule has 2 heteroatoms. The van der Waals surface area contributed by atoms with Crippen LogP contribution in [0.15, 0.2) is 42.5 Å². The molecule has 1 nitrogen and oxygen atoms in total. The number of benzene rings is 2. The van der Waals surface area contributed by atoms with Crippen LogP contribution in [0.1, 0.15) is 36.5 Å². The first-order valence-electron chi connectivity index (χ1n) is 6.54. The Balaban J connectivity index is 2.08. The van der Waals surface area contributed by atoms with Crippen LogP contribution in [0, 0.1) is 12.7 Å². The van der Waals surface area contributed by atoms with E-state index in [9.17, 15) is 4.39 Å². The van der Waals surface area contributed by atoms with Crippen molar-refractivity contribution in [2.45, 2.75) is 33.3 Å². The molecule has 2 aromatic rings. The average molecular weight is 258 g/mol. The quantitative estimate of drug-likeness (QED) is 0.762. The fourth-order valence-electron chi connectivity index (χ4n) is 2.16. The van der Waals surface area contributed by atoms with E-state index in [1.807, 2.05) is 18.2 Å². The molecule has 0 aromatic heterocycles. The largest absolute Gasteiger partial charge is 0.489 e. The SMILES string of the molecule is Cc1cc(OCc2ccccc2F)ccc1C(C)C. The molecule has 0 saturated carbocycles. The number of halogens is 1. The average Bonchev–Trinajstić information content (AvgIpc) is 2.37. The Morgan fingerprint density at radius 1 is 1.11 bits per heavy atom. The molecule has 0 radical (unpaired) electrons. The van der Waals surface area contributed by atoms with E-state index in [4.69, 9.17) is 4.74 Å². The lowest BCUT2D eigenvalue weighted by Gasteiger charge is -2.12. The third-order valence-electron chi connectivity index (χ3n) is 3.22. The summed E-state index contributed by atoms with van der Waals surface area (Å²) in [5, 5.41) is 0. The maximum absolute atomic E-state index is 13.5. The Kier molecular flexibility index (Phi) is 4.20. The molecule has 2 rings (SSSR count). The second-order valence-corrected chi connectivity index (χ2v) is 5.05. The van der Waals surface area contributed by atoms with Crippen LogP contribution in [0.5, 0.6) is 5.75 Å². The molecular formula is C17H19FO. The van der Waals surface area contributed by atoms with Gasteiger partial charge in [0.1, 0.15) is 18.2 Å². The van der Waals surface area contributed by atoms with Crippen LogP contribution in [0.25, 0.3) is 0 Å². The van der Waals surface area contributed by atoms with Gasteiger partial charge in [-0.3, -0.25) is 0 Å². The number of hydrogen-bond donors (Lipinski definition) is 0. The molecular weight excluding hydrogens is 239 g/mol. The molecule has 0 N–H and O–H groups in total. The van der Waals surface area contributed by atoms with E-state index in [-0.39, 0.29) is 12.4 Å². The van der Waals surface area contributed by atoms with Crippen LogP contribution in [-0.2, 0) is 6.61 Å². The van der Waals surface area contributed by atoms with Gasteiger partial charge in [0, 0.05) is 5.56 Å². The lowest BCUT2D eigenvalue weighted by Crippen LogP contribution is -1.99. The molecule has 100 valence electrons. The normalized spacial score (nSPS) is 10.8. The summed E-state index contributed by atoms with van der Waals surface area (Å²) in [5.74, 6) is 1.06. The van der Waals surface area contributed by atoms with Crippen molar-refractivity contribution < 1.29 is 9.13 Å². The second kappa shape index (κ2) is 5.87. The molecule has 0 aliphatic rings. The zero-order valence-electron chi connectivity index (χ0n) is 11.6. The summed E-state index contributed by atoms with van der Waals surface area (Å²) in [6, 6.07) is 12.7. The van der Waals surface area contributed by atoms with Gasteiger partial charge >= 0.3 is 0 Å². The summed E-state index contributed by atoms with van der Waals surface area (Å²) in [6.45, 7) is 6.67. The van der Waals surface area contributed by atoms with Crippen LogP contribution < -0.4 is 4.74 Å². The third kappa shape index (κ3) is 3.34. The number of rotatable bonds is 4. The van der Waals surface area contributed by atoms with Crippen LogP contribution in [0.2, 0.25) is 0 Å². The first-order valence-corrected chi connectivity index (χ1v) is 6.54. The minimum Gasteiger partial charge on any atom is -0.489 e. The van der Waals surface area contributed by atoms with Crippen molar-refractivity contribution >= 4 is 0 Å². The second-order valence-electron chi connectivity index (χ2n) is 5.05. The van der Waals surface area contributed by atoms with Gasteiger partial charge in [-0.1, -0.05) is 38.1 Å². The van der Waals surface area contributed by atoms with Crippen molar-refractivity contribution in [2.24, 2.45) is 0 Å². The van der Waals surface area contributed by atoms with Gasteiger partial charge in [-0.15, -0.1) is 0 Å². The molecule has 2 aromatic carbocycles. The van der Waals surface area contributed by atoms with Crippen molar-refractivity contribution in [2.75, 3.05) is 0 Å². The van der Waals surface area contributed by atoms with Crippen LogP contribution in [0.3, 0.4) is 0 Å². The van der Waals surface area contributed by atoms with Gasteiger partial charge in [-0.05, 0) is 42.2 Å². The highest BCUT2D eigenvalue weighted by molar-refractivity contribution is 5.36. The molecule has 0 heterocycles. The Morgan fingerprint density at radius 2 is 1.84 bits per heavy atom. The molecule has 0 unspecified atom stereocenters. The summed E-state index contributed by atoms with van der Waals surface area (Å²) in [7, 11) is 0. The standard InChI is InChI=1S/C17H19FO/c1-12(2)16-9-8-15(10-13(16)3)19-11-14-6-4-5-7-17(14)18/h4-10,12H,11H2,1-3H3. The Bertz CT molecular complexity index is 561. The monoisotopic (exact) mass is 258 g/mol. The maximum Gasteiger partial charge on any atom is 0.129 e. The highest BCUT2D eigenvalue weighted by atomic mass is 19.1. The van der Waals surface area contributed by atoms with E-state index >= 15 is 0 Å². The highest BCUT2D eigenvalue weighted by Crippen LogP contribution is 2.24. The first kappa shape index (κ1) is 13.6. The Morgan fingerprint density at radius 3 is 2.47 bits per heavy atom. The minimum absolute atomic E-state index is 0.224. The van der Waals surface area contributed by atoms with Crippen LogP contribution in [0.4, 0.5) is 4.39 Å². The zero-order chi connectivity index (χ0) is 13.8. The predicted molar refractivity (Wildman–Crippen MR) is 76.0 cm³/mol. The fraction of sp³-hybridized carbons (Fsp3) is 0.294. The molecule has 0 atom stereocenters. The van der Waals surface area contributed by atoms with E-state index in [0.29, 0.717) is 11.5 Å². The van der Waals surface area contributed by atoms with Gasteiger partial charge in [0.05, 0.1) is 0 Å². The summed E-state index contributed by atoms with van der Waals surface area (Å²) in [4.78, 5) is 0. The Hall–Kier alpha value is -1.83. The van der Waals surface area contributed by atoms with Crippen LogP contribution in [-0.4, -0.2) is 0 Å². The van der Waals surface area contributed by atoms with Gasteiger partial charge in [-0.25, -0.2) is 4.39 Å². The van der Waals surface area contributed by atoms with Crippen LogP contribution >= 0.6 is 0 Å². The molecule has 0 aliphatic heterocycles. The van der Waals surface area contributed by atoms with E-state index in [1.54, 1.807) is 12.1 Å². The predicted octanol–water partition coefficient (Wildman–Crippen LogP) is 4.84. The van der Waals surface area contributed by atoms with E-state index in [1.165, 1.54) is 17.2 Å². The van der Waals surface area contributed by atoms with Crippen molar-refractivity contribution in [3.05, 3.63) is 65.0 Å². The lowest BCUT2D eigenvalue weighted by atomic mass is 9.98. The topological polar surface area (TPSA) is 9.23 Å². The van der Waals surface area contributed by atoms with Gasteiger partial charge in [0.25, 0.3) is 0 Å². The summed E-state index contributed by atoms with van der Waals surface area (Å²) >= 11 is 0. The fourth-order valence-corrected chi connectivity index (χ4v) is 2.16. The van der Waals surface area contributed by atoms with E-state index in [0.717, 1.165) is 5.75 Å². The van der Waals surface area contributed by atoms with E-state index < -0.39 is 0 Å². The summed E-state index contributed by atoms with van der Waals surface area (Å²) in [6.07, 6.45) is 0. The molecule has 0 spiro atoms. The minimum atomic E-state index is -0.224. The third-order valence-corrected chi connectivity index (χ3v) is 3.22. The van der Waals surface area contributed by atoms with Crippen molar-refractivity contribution in [3.63, 3.8) is 0 Å². The van der Waals surface area contributed by atoms with Crippen molar-refractivity contribution in [1.29, 1.82) is 0 Å². The van der Waals surface area contributed by atoms with Gasteiger partial charge in [0.2, 0.25) is 0 Å². The van der Waals surface area contributed by atoms with Crippen molar-refractivity contribution in [1.82, 2.24) is 0 Å². The molecule has 0 saturated heterocycles. The molecule has 0 amide bonds. The summed E-state index contributed by atoms with van der Waals surface area (Å²) in [5.41, 5.74) is 3.10. The maximum atomic E-state index is 13.5. The smallest absolute Gasteiger partial charge is 0.129 e. The van der Waals surface area contributed by atoms with Gasteiger partial charge < -0.3 is 4.74 Å². The molecule has 0 aliphatic carbocycles. The first-order chi connectivity index (χ1) is 9.08. The molecule has 0 fully saturated rings. The summed E-state index contributed by atoms with van der Waals surface area (Å²) < 4.78 is 19.1. The number of ether oxygens (including phenoxy) is 1. The Labute approximate surface area is 114 Å². The van der Waals surface area contributed by atoms with Crippen molar-refractivity contribution in [3.8, 4) is 5.75 Å². The van der Waals surface area contributed by atoms with Gasteiger partial charge in [-0.2, -0.15) is 0 Å². The van der Waals surface area contributed by atoms with Gasteiger partial charge in [0.15, 0.2) is 0 Å². The number of hydrogen-bond acceptors (Lipinski definition) is 1. The lowest BCUT2D eigenvalue weighted by molar-refractivity contribution is 0.299. The van der Waals surface area contributed by atoms with E-state index in [2.05, 4.69) is 26.8 Å².